The highest BCUT2D eigenvalue weighted by Crippen LogP contribution is 2.22. The number of rotatable bonds is 2. The lowest BCUT2D eigenvalue weighted by atomic mass is 10.0. The number of carbonyl (C=O) groups excluding carboxylic acids is 1. The predicted molar refractivity (Wildman–Crippen MR) is 55.6 cm³/mol. The van der Waals surface area contributed by atoms with Gasteiger partial charge >= 0.3 is 5.97 Å². The molecule has 1 saturated heterocycles. The first-order chi connectivity index (χ1) is 7.70. The van der Waals surface area contributed by atoms with Gasteiger partial charge in [-0.3, -0.25) is 4.79 Å². The molecule has 2 rings (SSSR count). The minimum atomic E-state index is -0.910. The zero-order chi connectivity index (χ0) is 11.5. The van der Waals surface area contributed by atoms with Crippen LogP contribution in [0.5, 0.6) is 0 Å². The van der Waals surface area contributed by atoms with E-state index < -0.39 is 12.0 Å². The van der Waals surface area contributed by atoms with Gasteiger partial charge in [-0.05, 0) is 19.3 Å². The van der Waals surface area contributed by atoms with Gasteiger partial charge in [0.05, 0.1) is 18.4 Å². The lowest BCUT2D eigenvalue weighted by molar-refractivity contribution is -0.150. The van der Waals surface area contributed by atoms with Crippen LogP contribution in [0, 0.1) is 0 Å². The van der Waals surface area contributed by atoms with Gasteiger partial charge in [-0.25, -0.2) is 4.79 Å². The maximum Gasteiger partial charge on any atom is 0.326 e. The third kappa shape index (κ3) is 2.03. The predicted octanol–water partition coefficient (Wildman–Crippen LogP) is 0.756. The van der Waals surface area contributed by atoms with E-state index in [4.69, 9.17) is 9.84 Å². The van der Waals surface area contributed by atoms with Crippen LogP contribution in [0.25, 0.3) is 0 Å². The lowest BCUT2D eigenvalue weighted by Crippen LogP contribution is -2.48. The molecule has 0 spiro atoms. The Morgan fingerprint density at radius 1 is 1.44 bits per heavy atom. The number of likely N-dealkylation sites (tertiary alicyclic amines) is 1. The summed E-state index contributed by atoms with van der Waals surface area (Å²) in [5.74, 6) is -1.09. The third-order valence-corrected chi connectivity index (χ3v) is 3.04. The molecule has 16 heavy (non-hydrogen) atoms. The van der Waals surface area contributed by atoms with Crippen LogP contribution in [0.1, 0.15) is 25.7 Å². The standard InChI is InChI=1S/C11H15NO4/c13-10(8-4-6-16-7-8)12-5-2-1-3-9(12)11(14)15/h7,9H,1-6H2,(H,14,15)/t9-/m1/s1. The highest BCUT2D eigenvalue weighted by Gasteiger charge is 2.33. The first kappa shape index (κ1) is 11.0. The third-order valence-electron chi connectivity index (χ3n) is 3.04. The molecule has 0 aromatic heterocycles. The molecule has 1 amide bonds. The summed E-state index contributed by atoms with van der Waals surface area (Å²) in [5.41, 5.74) is 0.591. The van der Waals surface area contributed by atoms with Crippen molar-refractivity contribution in [1.82, 2.24) is 4.90 Å². The molecule has 5 heteroatoms. The Labute approximate surface area is 93.7 Å². The molecular weight excluding hydrogens is 210 g/mol. The minimum Gasteiger partial charge on any atom is -0.500 e. The first-order valence-corrected chi connectivity index (χ1v) is 5.54. The number of piperidine rings is 1. The average Bonchev–Trinajstić information content (AvgIpc) is 2.81. The van der Waals surface area contributed by atoms with Crippen molar-refractivity contribution in [3.05, 3.63) is 11.8 Å². The Bertz CT molecular complexity index is 337. The largest absolute Gasteiger partial charge is 0.500 e. The summed E-state index contributed by atoms with van der Waals surface area (Å²) < 4.78 is 5.01. The number of hydrogen-bond donors (Lipinski definition) is 1. The van der Waals surface area contributed by atoms with Crippen molar-refractivity contribution in [2.24, 2.45) is 0 Å². The summed E-state index contributed by atoms with van der Waals surface area (Å²) in [6.07, 6.45) is 4.34. The summed E-state index contributed by atoms with van der Waals surface area (Å²) in [5, 5.41) is 9.06. The van der Waals surface area contributed by atoms with Crippen LogP contribution >= 0.6 is 0 Å². The first-order valence-electron chi connectivity index (χ1n) is 5.54. The zero-order valence-electron chi connectivity index (χ0n) is 9.02. The zero-order valence-corrected chi connectivity index (χ0v) is 9.02. The number of ether oxygens (including phenoxy) is 1. The van der Waals surface area contributed by atoms with Crippen LogP contribution in [-0.4, -0.2) is 41.1 Å². The second-order valence-electron chi connectivity index (χ2n) is 4.11. The van der Waals surface area contributed by atoms with E-state index >= 15 is 0 Å². The average molecular weight is 225 g/mol. The monoisotopic (exact) mass is 225 g/mol. The lowest BCUT2D eigenvalue weighted by Gasteiger charge is -2.33. The number of aliphatic carboxylic acids is 1. The maximum absolute atomic E-state index is 12.0. The van der Waals surface area contributed by atoms with E-state index in [0.29, 0.717) is 31.6 Å². The van der Waals surface area contributed by atoms with E-state index in [2.05, 4.69) is 0 Å². The summed E-state index contributed by atoms with van der Waals surface area (Å²) in [6, 6.07) is -0.664. The Balaban J connectivity index is 2.10. The fourth-order valence-corrected chi connectivity index (χ4v) is 2.16. The SMILES string of the molecule is O=C(O)[C@H]1CCCCN1C(=O)C1=COCC1. The minimum absolute atomic E-state index is 0.176. The molecule has 1 atom stereocenters. The summed E-state index contributed by atoms with van der Waals surface area (Å²) in [4.78, 5) is 24.5. The number of amides is 1. The van der Waals surface area contributed by atoms with Crippen LogP contribution in [0.3, 0.4) is 0 Å². The smallest absolute Gasteiger partial charge is 0.326 e. The van der Waals surface area contributed by atoms with Gasteiger partial charge < -0.3 is 14.7 Å². The van der Waals surface area contributed by atoms with Gasteiger partial charge in [0.1, 0.15) is 6.04 Å². The Hall–Kier alpha value is -1.52. The van der Waals surface area contributed by atoms with Gasteiger partial charge in [0.2, 0.25) is 0 Å². The van der Waals surface area contributed by atoms with Crippen LogP contribution in [0.15, 0.2) is 11.8 Å². The van der Waals surface area contributed by atoms with E-state index in [0.717, 1.165) is 12.8 Å². The number of hydrogen-bond acceptors (Lipinski definition) is 3. The van der Waals surface area contributed by atoms with Crippen LogP contribution in [0.2, 0.25) is 0 Å². The Morgan fingerprint density at radius 3 is 2.88 bits per heavy atom. The molecule has 0 aliphatic carbocycles. The van der Waals surface area contributed by atoms with Crippen molar-refractivity contribution < 1.29 is 19.4 Å². The van der Waals surface area contributed by atoms with Gasteiger partial charge in [0.25, 0.3) is 5.91 Å². The molecule has 88 valence electrons. The molecular formula is C11H15NO4. The number of carbonyl (C=O) groups is 2. The van der Waals surface area contributed by atoms with E-state index in [9.17, 15) is 9.59 Å². The van der Waals surface area contributed by atoms with Crippen LogP contribution in [0.4, 0.5) is 0 Å². The molecule has 2 aliphatic heterocycles. The molecule has 2 heterocycles. The molecule has 5 nitrogen and oxygen atoms in total. The molecule has 0 saturated carbocycles. The molecule has 2 aliphatic rings. The van der Waals surface area contributed by atoms with Gasteiger partial charge in [0, 0.05) is 13.0 Å². The second kappa shape index (κ2) is 4.55. The Kier molecular flexibility index (Phi) is 3.12. The van der Waals surface area contributed by atoms with E-state index in [1.807, 2.05) is 0 Å². The molecule has 1 N–H and O–H groups in total. The van der Waals surface area contributed by atoms with Crippen molar-refractivity contribution >= 4 is 11.9 Å². The molecule has 1 fully saturated rings. The normalized spacial score (nSPS) is 24.9. The second-order valence-corrected chi connectivity index (χ2v) is 4.11. The van der Waals surface area contributed by atoms with Crippen LogP contribution < -0.4 is 0 Å². The molecule has 0 aromatic carbocycles. The molecule has 0 radical (unpaired) electrons. The van der Waals surface area contributed by atoms with Crippen molar-refractivity contribution in [2.45, 2.75) is 31.7 Å². The van der Waals surface area contributed by atoms with E-state index in [1.165, 1.54) is 11.2 Å². The number of carboxylic acids is 1. The van der Waals surface area contributed by atoms with Crippen molar-refractivity contribution in [2.75, 3.05) is 13.2 Å². The van der Waals surface area contributed by atoms with Gasteiger partial charge in [0.15, 0.2) is 0 Å². The van der Waals surface area contributed by atoms with E-state index in [-0.39, 0.29) is 5.91 Å². The quantitative estimate of drug-likeness (QED) is 0.753. The number of carboxylic acid groups (broad SMARTS) is 1. The van der Waals surface area contributed by atoms with Crippen molar-refractivity contribution in [3.8, 4) is 0 Å². The van der Waals surface area contributed by atoms with Crippen LogP contribution in [-0.2, 0) is 14.3 Å². The van der Waals surface area contributed by atoms with Crippen molar-refractivity contribution in [1.29, 1.82) is 0 Å². The fourth-order valence-electron chi connectivity index (χ4n) is 2.16. The molecule has 0 aromatic rings. The topological polar surface area (TPSA) is 66.8 Å². The summed E-state index contributed by atoms with van der Waals surface area (Å²) >= 11 is 0. The summed E-state index contributed by atoms with van der Waals surface area (Å²) in [6.45, 7) is 1.06. The fraction of sp³-hybridized carbons (Fsp3) is 0.636. The van der Waals surface area contributed by atoms with Gasteiger partial charge in [-0.2, -0.15) is 0 Å². The highest BCUT2D eigenvalue weighted by atomic mass is 16.5. The van der Waals surface area contributed by atoms with E-state index in [1.54, 1.807) is 0 Å². The highest BCUT2D eigenvalue weighted by molar-refractivity contribution is 5.96. The Morgan fingerprint density at radius 2 is 2.25 bits per heavy atom. The van der Waals surface area contributed by atoms with Crippen molar-refractivity contribution in [3.63, 3.8) is 0 Å². The number of nitrogens with zero attached hydrogens (tertiary/aromatic N) is 1. The molecule has 0 bridgehead atoms. The van der Waals surface area contributed by atoms with Gasteiger partial charge in [-0.1, -0.05) is 0 Å². The summed E-state index contributed by atoms with van der Waals surface area (Å²) in [7, 11) is 0. The molecule has 0 unspecified atom stereocenters. The maximum atomic E-state index is 12.0. The van der Waals surface area contributed by atoms with Gasteiger partial charge in [-0.15, -0.1) is 0 Å².